The molecule has 2 N–H and O–H groups in total. The molecule has 0 unspecified atom stereocenters. The fourth-order valence-electron chi connectivity index (χ4n) is 3.23. The Morgan fingerprint density at radius 2 is 1.97 bits per heavy atom. The van der Waals surface area contributed by atoms with Gasteiger partial charge in [-0.15, -0.1) is 0 Å². The number of aromatic nitrogens is 3. The second-order valence-corrected chi connectivity index (χ2v) is 6.77. The standard InChI is InChI=1S/C21H26N4O5/c1-28-10-4-9-25-12-15(19-16(13-25)21(27)24-23-19)20(26)22-8-7-14-5-6-17(29-2)18(11-14)30-3/h5-6,11-13H,4,7-10H2,1-3H3,(H,22,26)(H,24,27). The number of amides is 1. The predicted molar refractivity (Wildman–Crippen MR) is 112 cm³/mol. The summed E-state index contributed by atoms with van der Waals surface area (Å²) in [6.07, 6.45) is 4.80. The van der Waals surface area contributed by atoms with Crippen LogP contribution in [0.3, 0.4) is 0 Å². The minimum Gasteiger partial charge on any atom is -0.493 e. The van der Waals surface area contributed by atoms with Crippen LogP contribution in [0, 0.1) is 0 Å². The first kappa shape index (κ1) is 21.4. The summed E-state index contributed by atoms with van der Waals surface area (Å²) in [7, 11) is 4.80. The third-order valence-corrected chi connectivity index (χ3v) is 4.77. The number of nitrogens with one attached hydrogen (secondary N) is 2. The molecule has 0 atom stereocenters. The van der Waals surface area contributed by atoms with Gasteiger partial charge < -0.3 is 24.1 Å². The zero-order valence-corrected chi connectivity index (χ0v) is 17.4. The number of nitrogens with zero attached hydrogens (tertiary/aromatic N) is 2. The summed E-state index contributed by atoms with van der Waals surface area (Å²) in [4.78, 5) is 24.9. The van der Waals surface area contributed by atoms with Crippen molar-refractivity contribution >= 4 is 5.91 Å². The van der Waals surface area contributed by atoms with Crippen LogP contribution in [0.2, 0.25) is 0 Å². The van der Waals surface area contributed by atoms with E-state index in [-0.39, 0.29) is 11.5 Å². The maximum Gasteiger partial charge on any atom is 0.275 e. The SMILES string of the molecule is COCCCn1cc(C(=O)NCCc2ccc(OC)c(OC)c2)c2n[nH]c(=O)c-2c1. The molecule has 0 aliphatic carbocycles. The summed E-state index contributed by atoms with van der Waals surface area (Å²) in [6, 6.07) is 5.64. The summed E-state index contributed by atoms with van der Waals surface area (Å²) in [5, 5.41) is 9.34. The minimum absolute atomic E-state index is 0.284. The van der Waals surface area contributed by atoms with Crippen molar-refractivity contribution < 1.29 is 19.0 Å². The molecule has 2 aliphatic rings. The molecule has 0 saturated carbocycles. The van der Waals surface area contributed by atoms with Crippen LogP contribution in [0.15, 0.2) is 35.4 Å². The molecular weight excluding hydrogens is 388 g/mol. The molecule has 2 aliphatic heterocycles. The summed E-state index contributed by atoms with van der Waals surface area (Å²) in [6.45, 7) is 1.64. The van der Waals surface area contributed by atoms with E-state index in [0.717, 1.165) is 12.0 Å². The molecule has 1 aromatic carbocycles. The van der Waals surface area contributed by atoms with Crippen molar-refractivity contribution in [2.75, 3.05) is 34.5 Å². The van der Waals surface area contributed by atoms with Crippen LogP contribution >= 0.6 is 0 Å². The van der Waals surface area contributed by atoms with Crippen LogP contribution in [0.4, 0.5) is 0 Å². The average molecular weight is 414 g/mol. The number of benzene rings is 1. The van der Waals surface area contributed by atoms with Gasteiger partial charge in [0.15, 0.2) is 11.5 Å². The van der Waals surface area contributed by atoms with Gasteiger partial charge in [-0.1, -0.05) is 6.07 Å². The number of hydrogen-bond donors (Lipinski definition) is 2. The Balaban J connectivity index is 1.71. The van der Waals surface area contributed by atoms with E-state index in [2.05, 4.69) is 15.5 Å². The topological polar surface area (TPSA) is 107 Å². The van der Waals surface area contributed by atoms with Gasteiger partial charge in [0, 0.05) is 39.2 Å². The van der Waals surface area contributed by atoms with Gasteiger partial charge >= 0.3 is 0 Å². The van der Waals surface area contributed by atoms with Crippen molar-refractivity contribution in [3.8, 4) is 22.8 Å². The zero-order valence-electron chi connectivity index (χ0n) is 17.4. The number of H-pyrrole nitrogens is 1. The Morgan fingerprint density at radius 1 is 1.17 bits per heavy atom. The van der Waals surface area contributed by atoms with E-state index >= 15 is 0 Å². The quantitative estimate of drug-likeness (QED) is 0.489. The first-order valence-electron chi connectivity index (χ1n) is 9.63. The fraction of sp³-hybridized carbons (Fsp3) is 0.381. The molecular formula is C21H26N4O5. The van der Waals surface area contributed by atoms with Crippen LogP contribution < -0.4 is 20.3 Å². The zero-order chi connectivity index (χ0) is 21.5. The lowest BCUT2D eigenvalue weighted by atomic mass is 10.1. The summed E-state index contributed by atoms with van der Waals surface area (Å²) in [5.41, 5.74) is 1.80. The van der Waals surface area contributed by atoms with E-state index in [0.29, 0.717) is 54.4 Å². The van der Waals surface area contributed by atoms with E-state index < -0.39 is 0 Å². The number of fused-ring (bicyclic) bond motifs is 1. The number of aryl methyl sites for hydroxylation is 1. The van der Waals surface area contributed by atoms with Crippen molar-refractivity contribution in [1.82, 2.24) is 20.1 Å². The largest absolute Gasteiger partial charge is 0.493 e. The molecule has 0 aromatic heterocycles. The lowest BCUT2D eigenvalue weighted by molar-refractivity contribution is 0.0953. The monoisotopic (exact) mass is 414 g/mol. The number of pyridine rings is 1. The van der Waals surface area contributed by atoms with E-state index in [9.17, 15) is 9.59 Å². The molecule has 0 saturated heterocycles. The van der Waals surface area contributed by atoms with Crippen molar-refractivity contribution in [1.29, 1.82) is 0 Å². The highest BCUT2D eigenvalue weighted by Crippen LogP contribution is 2.27. The molecule has 30 heavy (non-hydrogen) atoms. The maximum absolute atomic E-state index is 12.8. The van der Waals surface area contributed by atoms with Crippen LogP contribution in [0.1, 0.15) is 22.3 Å². The molecule has 1 aromatic rings. The molecule has 2 heterocycles. The molecule has 0 spiro atoms. The molecule has 9 nitrogen and oxygen atoms in total. The van der Waals surface area contributed by atoms with Gasteiger partial charge in [-0.3, -0.25) is 9.59 Å². The van der Waals surface area contributed by atoms with Crippen molar-refractivity contribution in [2.24, 2.45) is 0 Å². The normalized spacial score (nSPS) is 10.9. The number of hydrogen-bond acceptors (Lipinski definition) is 6. The maximum atomic E-state index is 12.8. The minimum atomic E-state index is -0.314. The second-order valence-electron chi connectivity index (χ2n) is 6.77. The lowest BCUT2D eigenvalue weighted by Gasteiger charge is -2.13. The third kappa shape index (κ3) is 4.80. The second kappa shape index (κ2) is 9.93. The molecule has 0 bridgehead atoms. The number of carbonyl (C=O) groups is 1. The lowest BCUT2D eigenvalue weighted by Crippen LogP contribution is -2.27. The van der Waals surface area contributed by atoms with Gasteiger partial charge in [-0.25, -0.2) is 5.10 Å². The van der Waals surface area contributed by atoms with Crippen LogP contribution in [0.25, 0.3) is 11.3 Å². The summed E-state index contributed by atoms with van der Waals surface area (Å²) >= 11 is 0. The van der Waals surface area contributed by atoms with Gasteiger partial charge in [-0.2, -0.15) is 5.10 Å². The fourth-order valence-corrected chi connectivity index (χ4v) is 3.23. The Hall–Kier alpha value is -3.33. The highest BCUT2D eigenvalue weighted by atomic mass is 16.5. The van der Waals surface area contributed by atoms with Gasteiger partial charge in [0.2, 0.25) is 0 Å². The van der Waals surface area contributed by atoms with E-state index in [1.807, 2.05) is 22.8 Å². The number of aromatic amines is 1. The van der Waals surface area contributed by atoms with E-state index in [1.54, 1.807) is 33.7 Å². The smallest absolute Gasteiger partial charge is 0.275 e. The van der Waals surface area contributed by atoms with Crippen LogP contribution in [-0.4, -0.2) is 55.2 Å². The molecule has 9 heteroatoms. The van der Waals surface area contributed by atoms with E-state index in [1.165, 1.54) is 0 Å². The van der Waals surface area contributed by atoms with Gasteiger partial charge in [0.25, 0.3) is 11.5 Å². The highest BCUT2D eigenvalue weighted by molar-refractivity contribution is 5.99. The van der Waals surface area contributed by atoms with Crippen LogP contribution in [-0.2, 0) is 17.7 Å². The highest BCUT2D eigenvalue weighted by Gasteiger charge is 2.21. The van der Waals surface area contributed by atoms with Gasteiger partial charge in [0.1, 0.15) is 5.69 Å². The number of methoxy groups -OCH3 is 3. The summed E-state index contributed by atoms with van der Waals surface area (Å²) < 4.78 is 17.4. The van der Waals surface area contributed by atoms with Gasteiger partial charge in [0.05, 0.1) is 25.3 Å². The Bertz CT molecular complexity index is 1030. The molecule has 0 radical (unpaired) electrons. The molecule has 3 rings (SSSR count). The average Bonchev–Trinajstić information content (AvgIpc) is 3.14. The first-order valence-corrected chi connectivity index (χ1v) is 9.63. The van der Waals surface area contributed by atoms with Crippen molar-refractivity contribution in [2.45, 2.75) is 19.4 Å². The number of rotatable bonds is 10. The first-order chi connectivity index (χ1) is 14.6. The number of carbonyl (C=O) groups excluding carboxylic acids is 1. The van der Waals surface area contributed by atoms with Crippen LogP contribution in [0.5, 0.6) is 11.5 Å². The Labute approximate surface area is 174 Å². The Kier molecular flexibility index (Phi) is 7.08. The van der Waals surface area contributed by atoms with Crippen molar-refractivity contribution in [3.63, 3.8) is 0 Å². The van der Waals surface area contributed by atoms with Crippen molar-refractivity contribution in [3.05, 3.63) is 52.1 Å². The molecule has 160 valence electrons. The molecule has 1 amide bonds. The van der Waals surface area contributed by atoms with Gasteiger partial charge in [-0.05, 0) is 30.5 Å². The summed E-state index contributed by atoms with van der Waals surface area (Å²) in [5.74, 6) is 1.01. The number of ether oxygens (including phenoxy) is 3. The molecule has 0 fully saturated rings. The van der Waals surface area contributed by atoms with E-state index in [4.69, 9.17) is 14.2 Å². The Morgan fingerprint density at radius 3 is 2.70 bits per heavy atom. The third-order valence-electron chi connectivity index (χ3n) is 4.77. The predicted octanol–water partition coefficient (Wildman–Crippen LogP) is 1.70.